The zero-order valence-electron chi connectivity index (χ0n) is 15.6. The van der Waals surface area contributed by atoms with E-state index < -0.39 is 21.3 Å². The summed E-state index contributed by atoms with van der Waals surface area (Å²) in [5.41, 5.74) is 0.282. The molecule has 148 valence electrons. The van der Waals surface area contributed by atoms with Gasteiger partial charge in [0, 0.05) is 12.1 Å². The molecule has 0 radical (unpaired) electrons. The van der Waals surface area contributed by atoms with Gasteiger partial charge >= 0.3 is 0 Å². The molecule has 0 aliphatic carbocycles. The number of amides is 2. The van der Waals surface area contributed by atoms with E-state index in [1.165, 1.54) is 24.3 Å². The summed E-state index contributed by atoms with van der Waals surface area (Å²) < 4.78 is 38.5. The Bertz CT molecular complexity index is 1020. The van der Waals surface area contributed by atoms with E-state index in [0.29, 0.717) is 13.0 Å². The van der Waals surface area contributed by atoms with E-state index in [-0.39, 0.29) is 28.7 Å². The lowest BCUT2D eigenvalue weighted by molar-refractivity contribution is -0.123. The molecule has 1 N–H and O–H groups in total. The van der Waals surface area contributed by atoms with Gasteiger partial charge in [-0.25, -0.2) is 17.1 Å². The highest BCUT2D eigenvalue weighted by molar-refractivity contribution is 7.94. The third-order valence-electron chi connectivity index (χ3n) is 4.54. The van der Waals surface area contributed by atoms with Crippen molar-refractivity contribution in [3.63, 3.8) is 0 Å². The molecule has 0 atom stereocenters. The van der Waals surface area contributed by atoms with E-state index in [2.05, 4.69) is 5.32 Å². The van der Waals surface area contributed by atoms with E-state index in [1.54, 1.807) is 38.1 Å². The molecule has 2 amide bonds. The molecule has 0 saturated carbocycles. The van der Waals surface area contributed by atoms with E-state index >= 15 is 0 Å². The van der Waals surface area contributed by atoms with Crippen LogP contribution in [0.2, 0.25) is 0 Å². The number of hydrogen-bond donors (Lipinski definition) is 1. The van der Waals surface area contributed by atoms with Crippen LogP contribution in [0.3, 0.4) is 0 Å². The summed E-state index contributed by atoms with van der Waals surface area (Å²) >= 11 is 0. The van der Waals surface area contributed by atoms with Gasteiger partial charge in [0.15, 0.2) is 0 Å². The van der Waals surface area contributed by atoms with E-state index in [4.69, 9.17) is 0 Å². The van der Waals surface area contributed by atoms with Crippen molar-refractivity contribution in [2.75, 3.05) is 16.6 Å². The van der Waals surface area contributed by atoms with Crippen LogP contribution in [0.25, 0.3) is 0 Å². The van der Waals surface area contributed by atoms with Gasteiger partial charge in [-0.15, -0.1) is 0 Å². The molecule has 1 heterocycles. The Balaban J connectivity index is 1.71. The van der Waals surface area contributed by atoms with Crippen LogP contribution in [0.5, 0.6) is 0 Å². The number of carbonyl (C=O) groups is 2. The SMILES string of the molecule is CC1(C)CS(=O)(=O)N(c2cccc(C(=O)NCCc3ccc(F)cc3)c2)C1=O. The number of hydrogen-bond acceptors (Lipinski definition) is 4. The van der Waals surface area contributed by atoms with Crippen LogP contribution in [-0.4, -0.2) is 32.5 Å². The summed E-state index contributed by atoms with van der Waals surface area (Å²) in [7, 11) is -3.77. The lowest BCUT2D eigenvalue weighted by Crippen LogP contribution is -2.33. The van der Waals surface area contributed by atoms with Gasteiger partial charge in [0.05, 0.1) is 16.9 Å². The Morgan fingerprint density at radius 2 is 1.86 bits per heavy atom. The first kappa shape index (κ1) is 20.0. The summed E-state index contributed by atoms with van der Waals surface area (Å²) in [5.74, 6) is -1.49. The molecule has 6 nitrogen and oxygen atoms in total. The first-order valence-corrected chi connectivity index (χ1v) is 10.4. The average molecular weight is 404 g/mol. The third-order valence-corrected chi connectivity index (χ3v) is 6.56. The minimum Gasteiger partial charge on any atom is -0.352 e. The van der Waals surface area contributed by atoms with Crippen LogP contribution >= 0.6 is 0 Å². The van der Waals surface area contributed by atoms with Crippen LogP contribution in [0.15, 0.2) is 48.5 Å². The predicted molar refractivity (Wildman–Crippen MR) is 104 cm³/mol. The van der Waals surface area contributed by atoms with Crippen molar-refractivity contribution in [2.45, 2.75) is 20.3 Å². The molecular formula is C20H21FN2O4S. The summed E-state index contributed by atoms with van der Waals surface area (Å²) in [4.78, 5) is 24.9. The number of halogens is 1. The first-order valence-electron chi connectivity index (χ1n) is 8.80. The van der Waals surface area contributed by atoms with Crippen molar-refractivity contribution in [3.8, 4) is 0 Å². The van der Waals surface area contributed by atoms with Crippen molar-refractivity contribution in [1.82, 2.24) is 5.32 Å². The second-order valence-corrected chi connectivity index (χ2v) is 9.21. The van der Waals surface area contributed by atoms with Gasteiger partial charge in [0.25, 0.3) is 5.91 Å². The second kappa shape index (κ2) is 7.35. The maximum atomic E-state index is 12.9. The van der Waals surface area contributed by atoms with E-state index in [9.17, 15) is 22.4 Å². The van der Waals surface area contributed by atoms with Crippen molar-refractivity contribution < 1.29 is 22.4 Å². The van der Waals surface area contributed by atoms with Gasteiger partial charge in [-0.05, 0) is 56.2 Å². The van der Waals surface area contributed by atoms with Crippen molar-refractivity contribution in [1.29, 1.82) is 0 Å². The number of carbonyl (C=O) groups excluding carboxylic acids is 2. The number of anilines is 1. The van der Waals surface area contributed by atoms with Crippen LogP contribution in [0.1, 0.15) is 29.8 Å². The molecule has 0 spiro atoms. The summed E-state index contributed by atoms with van der Waals surface area (Å²) in [5, 5.41) is 2.74. The summed E-state index contributed by atoms with van der Waals surface area (Å²) in [6, 6.07) is 12.0. The maximum absolute atomic E-state index is 12.9. The molecule has 1 aliphatic rings. The van der Waals surface area contributed by atoms with Crippen LogP contribution < -0.4 is 9.62 Å². The minimum absolute atomic E-state index is 0.154. The van der Waals surface area contributed by atoms with Gasteiger partial charge < -0.3 is 5.32 Å². The number of rotatable bonds is 5. The fourth-order valence-corrected chi connectivity index (χ4v) is 5.21. The molecule has 1 saturated heterocycles. The summed E-state index contributed by atoms with van der Waals surface area (Å²) in [6.45, 7) is 3.50. The maximum Gasteiger partial charge on any atom is 0.251 e. The molecule has 0 aromatic heterocycles. The highest BCUT2D eigenvalue weighted by Crippen LogP contribution is 2.35. The highest BCUT2D eigenvalue weighted by Gasteiger charge is 2.49. The van der Waals surface area contributed by atoms with Gasteiger partial charge in [-0.2, -0.15) is 0 Å². The molecule has 1 aliphatic heterocycles. The zero-order valence-corrected chi connectivity index (χ0v) is 16.4. The van der Waals surface area contributed by atoms with E-state index in [1.807, 2.05) is 0 Å². The number of sulfonamides is 1. The van der Waals surface area contributed by atoms with Crippen LogP contribution in [0, 0.1) is 11.2 Å². The largest absolute Gasteiger partial charge is 0.352 e. The smallest absolute Gasteiger partial charge is 0.251 e. The summed E-state index contributed by atoms with van der Waals surface area (Å²) in [6.07, 6.45) is 0.527. The van der Waals surface area contributed by atoms with Gasteiger partial charge in [-0.3, -0.25) is 9.59 Å². The molecule has 1 fully saturated rings. The number of nitrogens with zero attached hydrogens (tertiary/aromatic N) is 1. The normalized spacial score (nSPS) is 17.5. The Morgan fingerprint density at radius 1 is 1.18 bits per heavy atom. The second-order valence-electron chi connectivity index (χ2n) is 7.39. The fourth-order valence-electron chi connectivity index (χ4n) is 3.11. The molecule has 8 heteroatoms. The quantitative estimate of drug-likeness (QED) is 0.830. The lowest BCUT2D eigenvalue weighted by Gasteiger charge is -2.18. The number of nitrogens with one attached hydrogen (secondary N) is 1. The Hall–Kier alpha value is -2.74. The molecule has 0 bridgehead atoms. The lowest BCUT2D eigenvalue weighted by atomic mass is 9.95. The molecule has 2 aromatic carbocycles. The molecule has 3 rings (SSSR count). The Morgan fingerprint density at radius 3 is 2.46 bits per heavy atom. The minimum atomic E-state index is -3.77. The van der Waals surface area contributed by atoms with Gasteiger partial charge in [-0.1, -0.05) is 18.2 Å². The van der Waals surface area contributed by atoms with Crippen molar-refractivity contribution in [2.24, 2.45) is 5.41 Å². The molecule has 2 aromatic rings. The molecular weight excluding hydrogens is 383 g/mol. The standard InChI is InChI=1S/C20H21FN2O4S/c1-20(2)13-28(26,27)23(19(20)25)17-5-3-4-15(12-17)18(24)22-11-10-14-6-8-16(21)9-7-14/h3-9,12H,10-11,13H2,1-2H3,(H,22,24). The molecule has 28 heavy (non-hydrogen) atoms. The zero-order chi connectivity index (χ0) is 20.5. The van der Waals surface area contributed by atoms with Crippen molar-refractivity contribution in [3.05, 3.63) is 65.5 Å². The fraction of sp³-hybridized carbons (Fsp3) is 0.300. The third kappa shape index (κ3) is 4.06. The van der Waals surface area contributed by atoms with E-state index in [0.717, 1.165) is 9.87 Å². The first-order chi connectivity index (χ1) is 13.1. The van der Waals surface area contributed by atoms with Gasteiger partial charge in [0.2, 0.25) is 15.9 Å². The van der Waals surface area contributed by atoms with Crippen LogP contribution in [-0.2, 0) is 21.2 Å². The monoisotopic (exact) mass is 404 g/mol. The Kier molecular flexibility index (Phi) is 5.25. The van der Waals surface area contributed by atoms with Crippen LogP contribution in [0.4, 0.5) is 10.1 Å². The predicted octanol–water partition coefficient (Wildman–Crippen LogP) is 2.50. The topological polar surface area (TPSA) is 83.6 Å². The average Bonchev–Trinajstić information content (AvgIpc) is 2.79. The highest BCUT2D eigenvalue weighted by atomic mass is 32.2. The van der Waals surface area contributed by atoms with Crippen molar-refractivity contribution >= 4 is 27.5 Å². The van der Waals surface area contributed by atoms with Gasteiger partial charge in [0.1, 0.15) is 5.82 Å². The number of benzene rings is 2. The molecule has 0 unspecified atom stereocenters. The Labute approximate surface area is 163 Å².